The Morgan fingerprint density at radius 2 is 2.10 bits per heavy atom. The number of ether oxygens (including phenoxy) is 1. The summed E-state index contributed by atoms with van der Waals surface area (Å²) < 4.78 is 6.21. The van der Waals surface area contributed by atoms with E-state index >= 15 is 0 Å². The Morgan fingerprint density at radius 1 is 1.29 bits per heavy atom. The third-order valence-corrected chi connectivity index (χ3v) is 5.12. The van der Waals surface area contributed by atoms with Gasteiger partial charge in [-0.05, 0) is 41.6 Å². The summed E-state index contributed by atoms with van der Waals surface area (Å²) in [6.45, 7) is 5.73. The van der Waals surface area contributed by atoms with Gasteiger partial charge in [-0.3, -0.25) is 0 Å². The zero-order valence-electron chi connectivity index (χ0n) is 13.3. The Balaban J connectivity index is 2.29. The first-order valence-corrected chi connectivity index (χ1v) is 8.77. The van der Waals surface area contributed by atoms with Crippen molar-refractivity contribution in [2.45, 2.75) is 58.5 Å². The molecule has 1 aromatic rings. The molecule has 0 spiro atoms. The maximum absolute atomic E-state index is 5.28. The lowest BCUT2D eigenvalue weighted by Gasteiger charge is -2.28. The van der Waals surface area contributed by atoms with Gasteiger partial charge in [0.2, 0.25) is 0 Å². The molecule has 0 aliphatic heterocycles. The summed E-state index contributed by atoms with van der Waals surface area (Å²) in [5.74, 6) is 3.20. The number of rotatable bonds is 6. The molecular weight excluding hydrogens is 330 g/mol. The van der Waals surface area contributed by atoms with E-state index in [0.29, 0.717) is 12.5 Å². The van der Waals surface area contributed by atoms with E-state index in [1.807, 2.05) is 0 Å². The van der Waals surface area contributed by atoms with Crippen LogP contribution in [-0.4, -0.2) is 23.6 Å². The standard InChI is InChI=1S/C16H26BrN3O/c1-4-11-7-6-8-12(9-11)15-19-13(10-21-3)14(17)16(20-15)18-5-2/h11-12H,4-10H2,1-3H3,(H,18,19,20). The summed E-state index contributed by atoms with van der Waals surface area (Å²) in [4.78, 5) is 9.55. The zero-order chi connectivity index (χ0) is 15.2. The van der Waals surface area contributed by atoms with Crippen LogP contribution in [-0.2, 0) is 11.3 Å². The fourth-order valence-electron chi connectivity index (χ4n) is 3.11. The fraction of sp³-hybridized carbons (Fsp3) is 0.750. The summed E-state index contributed by atoms with van der Waals surface area (Å²) in [7, 11) is 1.70. The molecule has 118 valence electrons. The van der Waals surface area contributed by atoms with E-state index in [9.17, 15) is 0 Å². The second kappa shape index (κ2) is 8.08. The molecule has 0 bridgehead atoms. The lowest BCUT2D eigenvalue weighted by atomic mass is 9.80. The van der Waals surface area contributed by atoms with Crippen LogP contribution in [0, 0.1) is 5.92 Å². The Kier molecular flexibility index (Phi) is 6.42. The minimum absolute atomic E-state index is 0.491. The minimum Gasteiger partial charge on any atom is -0.378 e. The van der Waals surface area contributed by atoms with Gasteiger partial charge in [0.25, 0.3) is 0 Å². The van der Waals surface area contributed by atoms with Crippen molar-refractivity contribution < 1.29 is 4.74 Å². The van der Waals surface area contributed by atoms with E-state index in [0.717, 1.165) is 34.3 Å². The quantitative estimate of drug-likeness (QED) is 0.815. The molecule has 2 atom stereocenters. The number of nitrogens with one attached hydrogen (secondary N) is 1. The summed E-state index contributed by atoms with van der Waals surface area (Å²) in [5, 5.41) is 3.33. The predicted molar refractivity (Wildman–Crippen MR) is 89.6 cm³/mol. The van der Waals surface area contributed by atoms with Crippen molar-refractivity contribution in [3.05, 3.63) is 16.0 Å². The van der Waals surface area contributed by atoms with Crippen molar-refractivity contribution in [2.24, 2.45) is 5.92 Å². The molecule has 2 unspecified atom stereocenters. The highest BCUT2D eigenvalue weighted by atomic mass is 79.9. The molecule has 0 aromatic carbocycles. The topological polar surface area (TPSA) is 47.0 Å². The Hall–Kier alpha value is -0.680. The van der Waals surface area contributed by atoms with Gasteiger partial charge in [-0.1, -0.05) is 26.2 Å². The number of nitrogens with zero attached hydrogens (tertiary/aromatic N) is 2. The highest BCUT2D eigenvalue weighted by Crippen LogP contribution is 2.37. The van der Waals surface area contributed by atoms with Crippen molar-refractivity contribution in [3.8, 4) is 0 Å². The highest BCUT2D eigenvalue weighted by Gasteiger charge is 2.25. The largest absolute Gasteiger partial charge is 0.378 e. The smallest absolute Gasteiger partial charge is 0.144 e. The van der Waals surface area contributed by atoms with Crippen molar-refractivity contribution in [2.75, 3.05) is 19.0 Å². The van der Waals surface area contributed by atoms with Gasteiger partial charge in [0.05, 0.1) is 16.8 Å². The van der Waals surface area contributed by atoms with Crippen molar-refractivity contribution in [1.82, 2.24) is 9.97 Å². The van der Waals surface area contributed by atoms with Crippen LogP contribution < -0.4 is 5.32 Å². The minimum atomic E-state index is 0.491. The molecular formula is C16H26BrN3O. The molecule has 2 rings (SSSR count). The van der Waals surface area contributed by atoms with E-state index in [4.69, 9.17) is 14.7 Å². The molecule has 1 aliphatic carbocycles. The lowest BCUT2D eigenvalue weighted by molar-refractivity contribution is 0.180. The van der Waals surface area contributed by atoms with E-state index in [1.54, 1.807) is 7.11 Å². The van der Waals surface area contributed by atoms with Crippen LogP contribution in [0.2, 0.25) is 0 Å². The average Bonchev–Trinajstić information content (AvgIpc) is 2.51. The van der Waals surface area contributed by atoms with Crippen molar-refractivity contribution >= 4 is 21.7 Å². The molecule has 1 aliphatic rings. The summed E-state index contributed by atoms with van der Waals surface area (Å²) in [6.07, 6.45) is 6.33. The van der Waals surface area contributed by atoms with Crippen LogP contribution in [0.5, 0.6) is 0 Å². The van der Waals surface area contributed by atoms with Crippen molar-refractivity contribution in [1.29, 1.82) is 0 Å². The predicted octanol–water partition coefficient (Wildman–Crippen LogP) is 4.50. The van der Waals surface area contributed by atoms with E-state index in [1.165, 1.54) is 32.1 Å². The second-order valence-electron chi connectivity index (χ2n) is 5.79. The maximum Gasteiger partial charge on any atom is 0.144 e. The van der Waals surface area contributed by atoms with Gasteiger partial charge in [0.1, 0.15) is 11.6 Å². The molecule has 4 nitrogen and oxygen atoms in total. The van der Waals surface area contributed by atoms with E-state index < -0.39 is 0 Å². The second-order valence-corrected chi connectivity index (χ2v) is 6.59. The van der Waals surface area contributed by atoms with E-state index in [-0.39, 0.29) is 0 Å². The SMILES string of the molecule is CCNc1nc(C2CCCC(CC)C2)nc(COC)c1Br. The van der Waals surface area contributed by atoms with Crippen LogP contribution in [0.25, 0.3) is 0 Å². The van der Waals surface area contributed by atoms with Gasteiger partial charge in [0, 0.05) is 19.6 Å². The van der Waals surface area contributed by atoms with Gasteiger partial charge in [-0.15, -0.1) is 0 Å². The zero-order valence-corrected chi connectivity index (χ0v) is 14.9. The normalized spacial score (nSPS) is 22.3. The van der Waals surface area contributed by atoms with Crippen LogP contribution in [0.3, 0.4) is 0 Å². The van der Waals surface area contributed by atoms with Crippen LogP contribution >= 0.6 is 15.9 Å². The molecule has 0 saturated heterocycles. The molecule has 0 amide bonds. The molecule has 21 heavy (non-hydrogen) atoms. The van der Waals surface area contributed by atoms with Crippen LogP contribution in [0.15, 0.2) is 4.47 Å². The average molecular weight is 356 g/mol. The number of anilines is 1. The first-order valence-electron chi connectivity index (χ1n) is 7.98. The number of hydrogen-bond acceptors (Lipinski definition) is 4. The number of halogens is 1. The Labute approximate surface area is 136 Å². The summed E-state index contributed by atoms with van der Waals surface area (Å²) in [5.41, 5.74) is 0.942. The third kappa shape index (κ3) is 4.16. The summed E-state index contributed by atoms with van der Waals surface area (Å²) in [6, 6.07) is 0. The molecule has 1 aromatic heterocycles. The molecule has 1 N–H and O–H groups in total. The Morgan fingerprint density at radius 3 is 2.76 bits per heavy atom. The van der Waals surface area contributed by atoms with Crippen molar-refractivity contribution in [3.63, 3.8) is 0 Å². The van der Waals surface area contributed by atoms with E-state index in [2.05, 4.69) is 35.1 Å². The number of methoxy groups -OCH3 is 1. The first-order chi connectivity index (χ1) is 10.2. The summed E-state index contributed by atoms with van der Waals surface area (Å²) >= 11 is 3.60. The first kappa shape index (κ1) is 16.7. The van der Waals surface area contributed by atoms with Gasteiger partial charge >= 0.3 is 0 Å². The fourth-order valence-corrected chi connectivity index (χ4v) is 3.54. The molecule has 1 fully saturated rings. The molecule has 1 saturated carbocycles. The van der Waals surface area contributed by atoms with Crippen LogP contribution in [0.4, 0.5) is 5.82 Å². The molecule has 1 heterocycles. The number of aromatic nitrogens is 2. The third-order valence-electron chi connectivity index (χ3n) is 4.29. The number of hydrogen-bond donors (Lipinski definition) is 1. The van der Waals surface area contributed by atoms with Gasteiger partial charge in [-0.2, -0.15) is 0 Å². The highest BCUT2D eigenvalue weighted by molar-refractivity contribution is 9.10. The van der Waals surface area contributed by atoms with Gasteiger partial charge in [-0.25, -0.2) is 9.97 Å². The molecule has 5 heteroatoms. The Bertz CT molecular complexity index is 440. The van der Waals surface area contributed by atoms with Gasteiger partial charge in [0.15, 0.2) is 0 Å². The van der Waals surface area contributed by atoms with Gasteiger partial charge < -0.3 is 10.1 Å². The monoisotopic (exact) mass is 355 g/mol. The maximum atomic E-state index is 5.28. The lowest BCUT2D eigenvalue weighted by Crippen LogP contribution is -2.18. The van der Waals surface area contributed by atoms with Crippen LogP contribution in [0.1, 0.15) is 63.4 Å². The molecule has 0 radical (unpaired) electrons.